The average molecular weight is 688 g/mol. The Hall–Kier alpha value is -7.37. The summed E-state index contributed by atoms with van der Waals surface area (Å²) >= 11 is 0. The lowest BCUT2D eigenvalue weighted by atomic mass is 9.94. The van der Waals surface area contributed by atoms with Crippen LogP contribution in [-0.4, -0.2) is 24.1 Å². The molecule has 0 bridgehead atoms. The number of hydrogen-bond acceptors (Lipinski definition) is 3. The maximum Gasteiger partial charge on any atom is 0.235 e. The van der Waals surface area contributed by atoms with Gasteiger partial charge in [0.2, 0.25) is 5.95 Å². The quantitative estimate of drug-likeness (QED) is 0.174. The molecule has 4 aromatic heterocycles. The van der Waals surface area contributed by atoms with Crippen LogP contribution in [0.25, 0.3) is 110 Å². The van der Waals surface area contributed by atoms with Crippen LogP contribution >= 0.6 is 0 Å². The van der Waals surface area contributed by atoms with E-state index in [1.165, 1.54) is 10.8 Å². The van der Waals surface area contributed by atoms with Crippen molar-refractivity contribution in [3.05, 3.63) is 176 Å². The molecule has 0 unspecified atom stereocenters. The number of hydrogen-bond donors (Lipinski definition) is 0. The number of aromatic nitrogens is 5. The van der Waals surface area contributed by atoms with Crippen molar-refractivity contribution in [3.8, 4) is 22.9 Å². The Morgan fingerprint density at radius 3 is 1.65 bits per heavy atom. The molecule has 5 heteroatoms. The van der Waals surface area contributed by atoms with E-state index < -0.39 is 0 Å². The van der Waals surface area contributed by atoms with Gasteiger partial charge in [0, 0.05) is 55.2 Å². The zero-order chi connectivity index (χ0) is 35.3. The van der Waals surface area contributed by atoms with Crippen LogP contribution in [0.4, 0.5) is 0 Å². The molecular formula is C49H29N5. The van der Waals surface area contributed by atoms with E-state index in [9.17, 15) is 0 Å². The summed E-state index contributed by atoms with van der Waals surface area (Å²) in [5.74, 6) is 0.633. The monoisotopic (exact) mass is 687 g/mol. The van der Waals surface area contributed by atoms with Gasteiger partial charge < -0.3 is 4.57 Å². The first-order chi connectivity index (χ1) is 26.8. The number of rotatable bonds is 3. The normalized spacial score (nSPS) is 12.1. The Bertz CT molecular complexity index is 3490. The standard InChI is InChI=1S/C49H29N5/c1-3-16-30(17-4-1)44-42-34-22-9-7-20-32(34)33-21-8-10-23-35(33)45(42)52-49(51-44)54-40-28-14-11-24-36(40)41-38-26-15-29-50-46(38)48-43(47(41)54)37-25-12-13-27-39(37)53(48)31-18-5-2-6-19-31/h1-29H. The van der Waals surface area contributed by atoms with Crippen LogP contribution in [0.3, 0.4) is 0 Å². The molecule has 0 fully saturated rings. The fraction of sp³-hybridized carbons (Fsp3) is 0. The molecule has 12 rings (SSSR count). The zero-order valence-electron chi connectivity index (χ0n) is 29.0. The molecule has 8 aromatic carbocycles. The molecule has 0 spiro atoms. The maximum absolute atomic E-state index is 5.64. The Labute approximate surface area is 309 Å². The van der Waals surface area contributed by atoms with E-state index in [1.54, 1.807) is 0 Å². The van der Waals surface area contributed by atoms with Gasteiger partial charge in [-0.1, -0.05) is 140 Å². The molecule has 0 saturated carbocycles. The van der Waals surface area contributed by atoms with Gasteiger partial charge in [0.25, 0.3) is 0 Å². The van der Waals surface area contributed by atoms with Crippen molar-refractivity contribution in [1.82, 2.24) is 24.1 Å². The summed E-state index contributed by atoms with van der Waals surface area (Å²) in [5, 5.41) is 11.3. The lowest BCUT2D eigenvalue weighted by Crippen LogP contribution is -2.05. The highest BCUT2D eigenvalue weighted by Crippen LogP contribution is 2.47. The van der Waals surface area contributed by atoms with E-state index in [0.29, 0.717) is 5.95 Å². The SMILES string of the molecule is c1ccc(-c2nc(-n3c4ccccc4c4c5cccnc5c5c(c6ccccc6n5-c5ccccc5)c43)nc3c4ccccc4c4ccccc4c23)cc1. The Morgan fingerprint density at radius 2 is 0.907 bits per heavy atom. The summed E-state index contributed by atoms with van der Waals surface area (Å²) < 4.78 is 4.69. The number of benzene rings is 8. The molecule has 0 N–H and O–H groups in total. The third-order valence-electron chi connectivity index (χ3n) is 11.1. The summed E-state index contributed by atoms with van der Waals surface area (Å²) in [6.07, 6.45) is 1.91. The number of pyridine rings is 1. The van der Waals surface area contributed by atoms with Gasteiger partial charge in [-0.05, 0) is 46.5 Å². The number of nitrogens with zero attached hydrogens (tertiary/aromatic N) is 5. The van der Waals surface area contributed by atoms with Crippen LogP contribution in [-0.2, 0) is 0 Å². The first-order valence-corrected chi connectivity index (χ1v) is 18.3. The van der Waals surface area contributed by atoms with Gasteiger partial charge in [0.1, 0.15) is 0 Å². The third kappa shape index (κ3) is 3.90. The van der Waals surface area contributed by atoms with E-state index in [4.69, 9.17) is 15.0 Å². The minimum Gasteiger partial charge on any atom is -0.307 e. The molecule has 4 heterocycles. The predicted octanol–water partition coefficient (Wildman–Crippen LogP) is 12.3. The Balaban J connectivity index is 1.36. The first-order valence-electron chi connectivity index (χ1n) is 18.3. The summed E-state index contributed by atoms with van der Waals surface area (Å²) in [7, 11) is 0. The highest BCUT2D eigenvalue weighted by Gasteiger charge is 2.27. The van der Waals surface area contributed by atoms with Gasteiger partial charge in [-0.3, -0.25) is 9.55 Å². The van der Waals surface area contributed by atoms with E-state index in [1.807, 2.05) is 12.3 Å². The molecule has 54 heavy (non-hydrogen) atoms. The third-order valence-corrected chi connectivity index (χ3v) is 11.1. The lowest BCUT2D eigenvalue weighted by Gasteiger charge is -2.16. The molecule has 0 aliphatic rings. The van der Waals surface area contributed by atoms with Crippen molar-refractivity contribution in [3.63, 3.8) is 0 Å². The summed E-state index contributed by atoms with van der Waals surface area (Å²) in [4.78, 5) is 16.4. The largest absolute Gasteiger partial charge is 0.307 e. The second kappa shape index (κ2) is 11.1. The smallest absolute Gasteiger partial charge is 0.235 e. The van der Waals surface area contributed by atoms with Crippen LogP contribution < -0.4 is 0 Å². The molecule has 0 radical (unpaired) electrons. The van der Waals surface area contributed by atoms with E-state index in [-0.39, 0.29) is 0 Å². The van der Waals surface area contributed by atoms with Crippen LogP contribution in [0.2, 0.25) is 0 Å². The fourth-order valence-electron chi connectivity index (χ4n) is 8.97. The van der Waals surface area contributed by atoms with E-state index in [0.717, 1.165) is 93.1 Å². The van der Waals surface area contributed by atoms with Crippen molar-refractivity contribution in [1.29, 1.82) is 0 Å². The van der Waals surface area contributed by atoms with Crippen LogP contribution in [0.1, 0.15) is 0 Å². The number of fused-ring (bicyclic) bond motifs is 16. The molecule has 12 aromatic rings. The van der Waals surface area contributed by atoms with Crippen molar-refractivity contribution in [2.24, 2.45) is 0 Å². The molecule has 0 amide bonds. The average Bonchev–Trinajstić information content (AvgIpc) is 3.78. The highest BCUT2D eigenvalue weighted by atomic mass is 15.2. The van der Waals surface area contributed by atoms with Crippen molar-refractivity contribution >= 4 is 87.0 Å². The minimum atomic E-state index is 0.633. The van der Waals surface area contributed by atoms with Gasteiger partial charge >= 0.3 is 0 Å². The van der Waals surface area contributed by atoms with Crippen molar-refractivity contribution < 1.29 is 0 Å². The highest BCUT2D eigenvalue weighted by molar-refractivity contribution is 6.36. The lowest BCUT2D eigenvalue weighted by molar-refractivity contribution is 1.02. The van der Waals surface area contributed by atoms with Crippen LogP contribution in [0.5, 0.6) is 0 Å². The molecule has 0 aliphatic heterocycles. The van der Waals surface area contributed by atoms with Gasteiger partial charge in [-0.2, -0.15) is 0 Å². The molecule has 0 aliphatic carbocycles. The number of para-hydroxylation sites is 3. The van der Waals surface area contributed by atoms with Crippen molar-refractivity contribution in [2.45, 2.75) is 0 Å². The van der Waals surface area contributed by atoms with Gasteiger partial charge in [-0.25, -0.2) is 9.97 Å². The van der Waals surface area contributed by atoms with Crippen molar-refractivity contribution in [2.75, 3.05) is 0 Å². The van der Waals surface area contributed by atoms with Crippen LogP contribution in [0, 0.1) is 0 Å². The summed E-state index contributed by atoms with van der Waals surface area (Å²) in [6.45, 7) is 0. The molecule has 0 atom stereocenters. The zero-order valence-corrected chi connectivity index (χ0v) is 29.0. The Kier molecular flexibility index (Phi) is 5.99. The van der Waals surface area contributed by atoms with Gasteiger partial charge in [-0.15, -0.1) is 0 Å². The molecule has 0 saturated heterocycles. The van der Waals surface area contributed by atoms with E-state index in [2.05, 4.69) is 173 Å². The Morgan fingerprint density at radius 1 is 0.352 bits per heavy atom. The summed E-state index contributed by atoms with van der Waals surface area (Å²) in [6, 6.07) is 60.1. The topological polar surface area (TPSA) is 48.5 Å². The predicted molar refractivity (Wildman–Crippen MR) is 224 cm³/mol. The summed E-state index contributed by atoms with van der Waals surface area (Å²) in [5.41, 5.74) is 9.25. The second-order valence-electron chi connectivity index (χ2n) is 13.9. The van der Waals surface area contributed by atoms with E-state index >= 15 is 0 Å². The molecule has 250 valence electrons. The molecule has 5 nitrogen and oxygen atoms in total. The van der Waals surface area contributed by atoms with Gasteiger partial charge in [0.15, 0.2) is 0 Å². The second-order valence-corrected chi connectivity index (χ2v) is 13.9. The minimum absolute atomic E-state index is 0.633. The molecular weight excluding hydrogens is 659 g/mol. The van der Waals surface area contributed by atoms with Gasteiger partial charge in [0.05, 0.1) is 38.8 Å². The maximum atomic E-state index is 5.64. The first kappa shape index (κ1) is 29.2. The van der Waals surface area contributed by atoms with Crippen LogP contribution in [0.15, 0.2) is 176 Å². The fourth-order valence-corrected chi connectivity index (χ4v) is 8.97.